The molecular weight excluding hydrogens is 344 g/mol. The first-order valence-corrected chi connectivity index (χ1v) is 9.77. The standard InChI is InChI=1S/C20H22N4OS/c1-16(2,14-7-5-4-6-8-14)11-17(3)18(12-21)15(23)24-20(19(17,18)13-22)25-9-10-26-20/h4-8H,9-11H2,1-3H3,(H2,23,24)/t17-,18-,19+,20+/m0/s1. The van der Waals surface area contributed by atoms with Crippen molar-refractivity contribution in [1.82, 2.24) is 0 Å². The highest BCUT2D eigenvalue weighted by Gasteiger charge is 2.98. The monoisotopic (exact) mass is 366 g/mol. The summed E-state index contributed by atoms with van der Waals surface area (Å²) in [5.41, 5.74) is 4.46. The Kier molecular flexibility index (Phi) is 3.37. The third-order valence-corrected chi connectivity index (χ3v) is 7.92. The molecule has 0 unspecified atom stereocenters. The highest BCUT2D eigenvalue weighted by molar-refractivity contribution is 8.00. The minimum atomic E-state index is -1.10. The number of benzene rings is 1. The van der Waals surface area contributed by atoms with Crippen molar-refractivity contribution in [2.75, 3.05) is 12.4 Å². The molecule has 0 bridgehead atoms. The molecule has 1 saturated carbocycles. The molecule has 0 amide bonds. The van der Waals surface area contributed by atoms with Gasteiger partial charge in [-0.25, -0.2) is 4.99 Å². The second-order valence-corrected chi connectivity index (χ2v) is 9.51. The van der Waals surface area contributed by atoms with E-state index in [1.54, 1.807) is 0 Å². The molecule has 4 atom stereocenters. The topological polar surface area (TPSA) is 95.2 Å². The maximum Gasteiger partial charge on any atom is 0.230 e. The van der Waals surface area contributed by atoms with Gasteiger partial charge >= 0.3 is 0 Å². The second kappa shape index (κ2) is 5.03. The predicted molar refractivity (Wildman–Crippen MR) is 101 cm³/mol. The number of nitrogens with zero attached hydrogens (tertiary/aromatic N) is 3. The third kappa shape index (κ3) is 1.59. The smallest absolute Gasteiger partial charge is 0.230 e. The summed E-state index contributed by atoms with van der Waals surface area (Å²) < 4.78 is 5.98. The Morgan fingerprint density at radius 2 is 1.96 bits per heavy atom. The molecule has 2 N–H and O–H groups in total. The van der Waals surface area contributed by atoms with Crippen LogP contribution in [0.25, 0.3) is 0 Å². The van der Waals surface area contributed by atoms with Crippen LogP contribution in [0.15, 0.2) is 35.3 Å². The van der Waals surface area contributed by atoms with Gasteiger partial charge in [-0.3, -0.25) is 0 Å². The number of ether oxygens (including phenoxy) is 1. The lowest BCUT2D eigenvalue weighted by molar-refractivity contribution is 0.00643. The van der Waals surface area contributed by atoms with Gasteiger partial charge in [0.05, 0.1) is 18.7 Å². The number of nitrogens with two attached hydrogens (primary N) is 1. The maximum absolute atomic E-state index is 10.3. The second-order valence-electron chi connectivity index (χ2n) is 8.26. The minimum absolute atomic E-state index is 0.223. The van der Waals surface area contributed by atoms with Crippen LogP contribution in [-0.2, 0) is 10.2 Å². The minimum Gasteiger partial charge on any atom is -0.386 e. The van der Waals surface area contributed by atoms with Gasteiger partial charge < -0.3 is 10.5 Å². The Balaban J connectivity index is 1.83. The van der Waals surface area contributed by atoms with Crippen LogP contribution in [0.5, 0.6) is 0 Å². The molecule has 2 fully saturated rings. The Hall–Kier alpha value is -2.02. The van der Waals surface area contributed by atoms with E-state index in [9.17, 15) is 10.5 Å². The van der Waals surface area contributed by atoms with Gasteiger partial charge in [-0.05, 0) is 17.4 Å². The van der Waals surface area contributed by atoms with Gasteiger partial charge in [0, 0.05) is 11.2 Å². The highest BCUT2D eigenvalue weighted by atomic mass is 32.2. The van der Waals surface area contributed by atoms with Crippen molar-refractivity contribution in [3.63, 3.8) is 0 Å². The molecule has 2 aliphatic heterocycles. The molecule has 1 spiro atoms. The Morgan fingerprint density at radius 1 is 1.27 bits per heavy atom. The van der Waals surface area contributed by atoms with Crippen LogP contribution < -0.4 is 5.73 Å². The van der Waals surface area contributed by atoms with Crippen LogP contribution in [0.2, 0.25) is 0 Å². The van der Waals surface area contributed by atoms with Gasteiger partial charge in [-0.15, -0.1) is 0 Å². The Bertz CT molecular complexity index is 877. The van der Waals surface area contributed by atoms with Crippen LogP contribution in [-0.4, -0.2) is 23.3 Å². The predicted octanol–water partition coefficient (Wildman–Crippen LogP) is 3.18. The van der Waals surface area contributed by atoms with Crippen LogP contribution in [0.4, 0.5) is 0 Å². The van der Waals surface area contributed by atoms with Crippen LogP contribution in [0, 0.1) is 38.9 Å². The van der Waals surface area contributed by atoms with Crippen molar-refractivity contribution in [2.45, 2.75) is 37.7 Å². The van der Waals surface area contributed by atoms with Crippen molar-refractivity contribution < 1.29 is 4.74 Å². The van der Waals surface area contributed by atoms with Gasteiger partial charge in [-0.2, -0.15) is 10.5 Å². The zero-order chi connectivity index (χ0) is 18.8. The van der Waals surface area contributed by atoms with Crippen molar-refractivity contribution in [2.24, 2.45) is 27.0 Å². The number of rotatable bonds is 3. The molecule has 1 aliphatic carbocycles. The van der Waals surface area contributed by atoms with Crippen molar-refractivity contribution in [3.8, 4) is 12.1 Å². The largest absolute Gasteiger partial charge is 0.386 e. The SMILES string of the molecule is CC(C)(C[C@@]1(C)[C@]2(C#N)C(N)=N[C@@]3(OCCS3)[C@]12C#N)c1ccccc1. The van der Waals surface area contributed by atoms with Gasteiger partial charge in [-0.1, -0.05) is 62.9 Å². The van der Waals surface area contributed by atoms with E-state index in [1.165, 1.54) is 17.3 Å². The van der Waals surface area contributed by atoms with Crippen LogP contribution in [0.3, 0.4) is 0 Å². The quantitative estimate of drug-likeness (QED) is 0.886. The van der Waals surface area contributed by atoms with E-state index in [0.29, 0.717) is 13.0 Å². The van der Waals surface area contributed by atoms with Crippen LogP contribution >= 0.6 is 11.8 Å². The molecule has 1 aromatic rings. The fraction of sp³-hybridized carbons (Fsp3) is 0.550. The van der Waals surface area contributed by atoms with Crippen molar-refractivity contribution >= 4 is 17.6 Å². The molecule has 1 saturated heterocycles. The molecule has 6 heteroatoms. The number of nitriles is 2. The summed E-state index contributed by atoms with van der Waals surface area (Å²) in [5, 5.41) is 19.4. The third-order valence-electron chi connectivity index (χ3n) is 6.65. The van der Waals surface area contributed by atoms with Gasteiger partial charge in [0.15, 0.2) is 5.41 Å². The Labute approximate surface area is 158 Å². The summed E-state index contributed by atoms with van der Waals surface area (Å²) >= 11 is 1.50. The highest BCUT2D eigenvalue weighted by Crippen LogP contribution is 2.89. The summed E-state index contributed by atoms with van der Waals surface area (Å²) in [6.45, 7) is 6.83. The summed E-state index contributed by atoms with van der Waals surface area (Å²) in [7, 11) is 0. The molecule has 0 radical (unpaired) electrons. The molecule has 5 nitrogen and oxygen atoms in total. The summed E-state index contributed by atoms with van der Waals surface area (Å²) in [6, 6.07) is 15.1. The molecule has 3 aliphatic rings. The summed E-state index contributed by atoms with van der Waals surface area (Å²) in [6.07, 6.45) is 0.646. The van der Waals surface area contributed by atoms with E-state index >= 15 is 0 Å². The Morgan fingerprint density at radius 3 is 2.50 bits per heavy atom. The van der Waals surface area contributed by atoms with Gasteiger partial charge in [0.1, 0.15) is 11.3 Å². The van der Waals surface area contributed by atoms with E-state index in [1.807, 2.05) is 25.1 Å². The zero-order valence-electron chi connectivity index (χ0n) is 15.2. The van der Waals surface area contributed by atoms with Crippen molar-refractivity contribution in [1.29, 1.82) is 10.5 Å². The first-order chi connectivity index (χ1) is 12.3. The fourth-order valence-corrected chi connectivity index (χ4v) is 6.95. The van der Waals surface area contributed by atoms with Gasteiger partial charge in [0.2, 0.25) is 5.06 Å². The number of aliphatic imine (C=N–C) groups is 1. The lowest BCUT2D eigenvalue weighted by Crippen LogP contribution is -2.38. The first kappa shape index (κ1) is 17.4. The number of thioether (sulfide) groups is 1. The molecule has 1 aromatic carbocycles. The average molecular weight is 366 g/mol. The molecule has 0 aromatic heterocycles. The first-order valence-electron chi connectivity index (χ1n) is 8.79. The van der Waals surface area contributed by atoms with Crippen molar-refractivity contribution in [3.05, 3.63) is 35.9 Å². The fourth-order valence-electron chi connectivity index (χ4n) is 5.54. The maximum atomic E-state index is 10.3. The van der Waals surface area contributed by atoms with E-state index in [2.05, 4.69) is 43.1 Å². The number of hydrogen-bond acceptors (Lipinski definition) is 6. The van der Waals surface area contributed by atoms with Crippen LogP contribution in [0.1, 0.15) is 32.8 Å². The molecule has 4 rings (SSSR count). The number of fused-ring (bicyclic) bond motifs is 2. The molecule has 26 heavy (non-hydrogen) atoms. The summed E-state index contributed by atoms with van der Waals surface area (Å²) in [5.74, 6) is 1.00. The normalized spacial score (nSPS) is 40.6. The zero-order valence-corrected chi connectivity index (χ0v) is 16.1. The van der Waals surface area contributed by atoms with E-state index in [-0.39, 0.29) is 11.3 Å². The molecule has 134 valence electrons. The van der Waals surface area contributed by atoms with E-state index in [4.69, 9.17) is 10.5 Å². The molecule has 2 heterocycles. The molecular formula is C20H22N4OS. The number of hydrogen-bond donors (Lipinski definition) is 1. The lowest BCUT2D eigenvalue weighted by Gasteiger charge is -2.35. The number of amidine groups is 1. The van der Waals surface area contributed by atoms with E-state index < -0.39 is 21.3 Å². The average Bonchev–Trinajstić information content (AvgIpc) is 2.91. The van der Waals surface area contributed by atoms with E-state index in [0.717, 1.165) is 5.75 Å². The summed E-state index contributed by atoms with van der Waals surface area (Å²) in [4.78, 5) is 4.52. The lowest BCUT2D eigenvalue weighted by atomic mass is 9.72. The van der Waals surface area contributed by atoms with Gasteiger partial charge in [0.25, 0.3) is 0 Å².